The second-order valence-electron chi connectivity index (χ2n) is 6.68. The smallest absolute Gasteiger partial charge is 0.252 e. The molecule has 2 heterocycles. The molecule has 2 aliphatic heterocycles. The molecule has 0 spiro atoms. The summed E-state index contributed by atoms with van der Waals surface area (Å²) in [6, 6.07) is 7.10. The third kappa shape index (κ3) is 4.40. The zero-order valence-electron chi connectivity index (χ0n) is 15.5. The molecule has 0 unspecified atom stereocenters. The van der Waals surface area contributed by atoms with Crippen molar-refractivity contribution in [1.29, 1.82) is 0 Å². The SMILES string of the molecule is CCc1ccc(NC(=O)C[C@@H]2N=C(N3CCN(CC)CC3)NC2=O)cc1. The number of aliphatic imine (C=N–C) groups is 1. The van der Waals surface area contributed by atoms with Crippen molar-refractivity contribution in [1.82, 2.24) is 15.1 Å². The van der Waals surface area contributed by atoms with Gasteiger partial charge in [-0.3, -0.25) is 14.9 Å². The van der Waals surface area contributed by atoms with Crippen LogP contribution < -0.4 is 10.6 Å². The Morgan fingerprint density at radius 2 is 1.88 bits per heavy atom. The van der Waals surface area contributed by atoms with E-state index in [1.54, 1.807) is 0 Å². The van der Waals surface area contributed by atoms with Crippen LogP contribution in [0.4, 0.5) is 5.69 Å². The summed E-state index contributed by atoms with van der Waals surface area (Å²) in [5, 5.41) is 5.67. The maximum atomic E-state index is 12.3. The quantitative estimate of drug-likeness (QED) is 0.826. The standard InChI is InChI=1S/C19H27N5O2/c1-3-14-5-7-15(8-6-14)20-17(25)13-16-18(26)22-19(21-16)24-11-9-23(4-2)10-12-24/h5-8,16H,3-4,9-13H2,1-2H3,(H,20,25)(H,21,22,26)/t16-/m0/s1. The average molecular weight is 357 g/mol. The molecule has 0 aromatic heterocycles. The Bertz CT molecular complexity index is 678. The largest absolute Gasteiger partial charge is 0.340 e. The van der Waals surface area contributed by atoms with Gasteiger partial charge < -0.3 is 15.1 Å². The van der Waals surface area contributed by atoms with Crippen molar-refractivity contribution < 1.29 is 9.59 Å². The van der Waals surface area contributed by atoms with Crippen LogP contribution in [-0.2, 0) is 16.0 Å². The molecule has 0 aliphatic carbocycles. The van der Waals surface area contributed by atoms with Crippen LogP contribution in [0.1, 0.15) is 25.8 Å². The van der Waals surface area contributed by atoms with Gasteiger partial charge in [0, 0.05) is 31.9 Å². The minimum Gasteiger partial charge on any atom is -0.340 e. The molecule has 0 saturated carbocycles. The van der Waals surface area contributed by atoms with Crippen LogP contribution in [0.15, 0.2) is 29.3 Å². The maximum absolute atomic E-state index is 12.3. The van der Waals surface area contributed by atoms with Crippen LogP contribution in [-0.4, -0.2) is 66.3 Å². The van der Waals surface area contributed by atoms with Crippen molar-refractivity contribution >= 4 is 23.5 Å². The number of nitrogens with zero attached hydrogens (tertiary/aromatic N) is 3. The molecule has 7 nitrogen and oxygen atoms in total. The van der Waals surface area contributed by atoms with Gasteiger partial charge in [0.1, 0.15) is 6.04 Å². The van der Waals surface area contributed by atoms with E-state index in [9.17, 15) is 9.59 Å². The number of carbonyl (C=O) groups is 2. The number of nitrogens with one attached hydrogen (secondary N) is 2. The Kier molecular flexibility index (Phi) is 5.88. The molecule has 1 aromatic carbocycles. The van der Waals surface area contributed by atoms with Gasteiger partial charge in [-0.15, -0.1) is 0 Å². The van der Waals surface area contributed by atoms with Crippen LogP contribution in [0.3, 0.4) is 0 Å². The number of hydrogen-bond acceptors (Lipinski definition) is 5. The Hall–Kier alpha value is -2.41. The van der Waals surface area contributed by atoms with Crippen molar-refractivity contribution in [2.24, 2.45) is 4.99 Å². The van der Waals surface area contributed by atoms with E-state index in [2.05, 4.69) is 39.3 Å². The van der Waals surface area contributed by atoms with Gasteiger partial charge >= 0.3 is 0 Å². The summed E-state index contributed by atoms with van der Waals surface area (Å²) in [5.41, 5.74) is 1.96. The van der Waals surface area contributed by atoms with Gasteiger partial charge in [-0.1, -0.05) is 26.0 Å². The fraction of sp³-hybridized carbons (Fsp3) is 0.526. The molecule has 3 rings (SSSR count). The van der Waals surface area contributed by atoms with Crippen LogP contribution in [0.5, 0.6) is 0 Å². The molecule has 26 heavy (non-hydrogen) atoms. The molecule has 1 saturated heterocycles. The number of piperazine rings is 1. The lowest BCUT2D eigenvalue weighted by molar-refractivity contribution is -0.124. The zero-order chi connectivity index (χ0) is 18.5. The normalized spacial score (nSPS) is 20.7. The summed E-state index contributed by atoms with van der Waals surface area (Å²) in [4.78, 5) is 33.3. The van der Waals surface area contributed by atoms with E-state index >= 15 is 0 Å². The molecule has 2 N–H and O–H groups in total. The Morgan fingerprint density at radius 1 is 1.19 bits per heavy atom. The second kappa shape index (κ2) is 8.31. The van der Waals surface area contributed by atoms with Gasteiger partial charge in [-0.05, 0) is 30.7 Å². The molecular weight excluding hydrogens is 330 g/mol. The van der Waals surface area contributed by atoms with E-state index in [1.165, 1.54) is 5.56 Å². The molecule has 0 radical (unpaired) electrons. The molecule has 0 bridgehead atoms. The first kappa shape index (κ1) is 18.4. The van der Waals surface area contributed by atoms with Gasteiger partial charge in [-0.25, -0.2) is 4.99 Å². The van der Waals surface area contributed by atoms with Crippen LogP contribution in [0, 0.1) is 0 Å². The second-order valence-corrected chi connectivity index (χ2v) is 6.68. The van der Waals surface area contributed by atoms with Gasteiger partial charge in [0.15, 0.2) is 0 Å². The van der Waals surface area contributed by atoms with Crippen LogP contribution in [0.25, 0.3) is 0 Å². The van der Waals surface area contributed by atoms with Crippen molar-refractivity contribution in [3.05, 3.63) is 29.8 Å². The first-order valence-corrected chi connectivity index (χ1v) is 9.33. The average Bonchev–Trinajstić information content (AvgIpc) is 3.02. The van der Waals surface area contributed by atoms with Gasteiger partial charge in [0.05, 0.1) is 6.42 Å². The van der Waals surface area contributed by atoms with Crippen molar-refractivity contribution in [3.8, 4) is 0 Å². The number of carbonyl (C=O) groups excluding carboxylic acids is 2. The lowest BCUT2D eigenvalue weighted by Gasteiger charge is -2.34. The number of amides is 2. The topological polar surface area (TPSA) is 77.0 Å². The maximum Gasteiger partial charge on any atom is 0.252 e. The zero-order valence-corrected chi connectivity index (χ0v) is 15.5. The minimum atomic E-state index is -0.649. The molecule has 1 fully saturated rings. The number of aryl methyl sites for hydroxylation is 1. The molecule has 2 aliphatic rings. The summed E-state index contributed by atoms with van der Waals surface area (Å²) >= 11 is 0. The van der Waals surface area contributed by atoms with E-state index in [4.69, 9.17) is 0 Å². The van der Waals surface area contributed by atoms with Crippen LogP contribution >= 0.6 is 0 Å². The van der Waals surface area contributed by atoms with E-state index in [1.807, 2.05) is 24.3 Å². The highest BCUT2D eigenvalue weighted by Crippen LogP contribution is 2.14. The monoisotopic (exact) mass is 357 g/mol. The fourth-order valence-electron chi connectivity index (χ4n) is 3.22. The Morgan fingerprint density at radius 3 is 2.50 bits per heavy atom. The molecule has 1 atom stereocenters. The lowest BCUT2D eigenvalue weighted by Crippen LogP contribution is -2.51. The third-order valence-corrected chi connectivity index (χ3v) is 4.96. The third-order valence-electron chi connectivity index (χ3n) is 4.96. The molecule has 2 amide bonds. The number of anilines is 1. The number of guanidine groups is 1. The fourth-order valence-corrected chi connectivity index (χ4v) is 3.22. The van der Waals surface area contributed by atoms with E-state index in [-0.39, 0.29) is 18.2 Å². The van der Waals surface area contributed by atoms with Gasteiger partial charge in [0.2, 0.25) is 11.9 Å². The Balaban J connectivity index is 1.54. The van der Waals surface area contributed by atoms with Gasteiger partial charge in [0.25, 0.3) is 5.91 Å². The molecule has 7 heteroatoms. The first-order valence-electron chi connectivity index (χ1n) is 9.33. The van der Waals surface area contributed by atoms with Gasteiger partial charge in [-0.2, -0.15) is 0 Å². The van der Waals surface area contributed by atoms with E-state index < -0.39 is 6.04 Å². The first-order chi connectivity index (χ1) is 12.6. The predicted molar refractivity (Wildman–Crippen MR) is 102 cm³/mol. The molecule has 1 aromatic rings. The number of benzene rings is 1. The molecule has 140 valence electrons. The summed E-state index contributed by atoms with van der Waals surface area (Å²) in [5.74, 6) is 0.209. The van der Waals surface area contributed by atoms with Crippen LogP contribution in [0.2, 0.25) is 0 Å². The summed E-state index contributed by atoms with van der Waals surface area (Å²) in [7, 11) is 0. The highest BCUT2D eigenvalue weighted by Gasteiger charge is 2.32. The predicted octanol–water partition coefficient (Wildman–Crippen LogP) is 1.07. The van der Waals surface area contributed by atoms with Crippen molar-refractivity contribution in [2.75, 3.05) is 38.0 Å². The lowest BCUT2D eigenvalue weighted by atomic mass is 10.1. The highest BCUT2D eigenvalue weighted by molar-refractivity contribution is 6.07. The number of likely N-dealkylation sites (N-methyl/N-ethyl adjacent to an activating group) is 1. The Labute approximate surface area is 154 Å². The minimum absolute atomic E-state index is 0.0553. The number of hydrogen-bond donors (Lipinski definition) is 2. The van der Waals surface area contributed by atoms with Crippen molar-refractivity contribution in [2.45, 2.75) is 32.7 Å². The number of rotatable bonds is 5. The van der Waals surface area contributed by atoms with E-state index in [0.717, 1.165) is 44.8 Å². The van der Waals surface area contributed by atoms with E-state index in [0.29, 0.717) is 5.96 Å². The summed E-state index contributed by atoms with van der Waals surface area (Å²) in [6.45, 7) is 8.88. The van der Waals surface area contributed by atoms with Crippen molar-refractivity contribution in [3.63, 3.8) is 0 Å². The summed E-state index contributed by atoms with van der Waals surface area (Å²) in [6.07, 6.45) is 1.01. The summed E-state index contributed by atoms with van der Waals surface area (Å²) < 4.78 is 0. The molecular formula is C19H27N5O2. The highest BCUT2D eigenvalue weighted by atomic mass is 16.2.